The van der Waals surface area contributed by atoms with Crippen molar-refractivity contribution in [1.82, 2.24) is 9.88 Å². The van der Waals surface area contributed by atoms with Crippen LogP contribution in [-0.4, -0.2) is 46.8 Å². The Bertz CT molecular complexity index is 511. The molecule has 3 rings (SSSR count). The average molecular weight is 288 g/mol. The molecular weight excluding hydrogens is 277 g/mol. The van der Waals surface area contributed by atoms with Gasteiger partial charge in [-0.3, -0.25) is 0 Å². The lowest BCUT2D eigenvalue weighted by molar-refractivity contribution is 0.0507. The summed E-state index contributed by atoms with van der Waals surface area (Å²) in [5.41, 5.74) is 0.893. The number of hydrogen-bond acceptors (Lipinski definition) is 3. The monoisotopic (exact) mass is 287 g/mol. The Morgan fingerprint density at radius 3 is 2.83 bits per heavy atom. The topological polar surface area (TPSA) is 56.7 Å². The summed E-state index contributed by atoms with van der Waals surface area (Å²) in [5.74, 6) is 0.413. The molecule has 2 fully saturated rings. The second-order valence-corrected chi connectivity index (χ2v) is 5.40. The van der Waals surface area contributed by atoms with E-state index in [1.165, 1.54) is 4.90 Å². The maximum atomic E-state index is 10.9. The molecule has 0 bridgehead atoms. The van der Waals surface area contributed by atoms with Gasteiger partial charge in [0.15, 0.2) is 0 Å². The fraction of sp³-hybridized carbons (Fsp3) is 0.455. The van der Waals surface area contributed by atoms with Gasteiger partial charge in [-0.2, -0.15) is 0 Å². The van der Waals surface area contributed by atoms with Crippen LogP contribution >= 0.6 is 23.2 Å². The largest absolute Gasteiger partial charge is 0.465 e. The number of carbonyl (C=O) groups is 1. The fourth-order valence-corrected chi connectivity index (χ4v) is 2.92. The molecule has 7 heteroatoms. The van der Waals surface area contributed by atoms with Crippen LogP contribution in [0.15, 0.2) is 12.3 Å². The van der Waals surface area contributed by atoms with Crippen LogP contribution in [0, 0.1) is 5.92 Å². The van der Waals surface area contributed by atoms with E-state index in [0.29, 0.717) is 24.0 Å². The quantitative estimate of drug-likeness (QED) is 0.805. The van der Waals surface area contributed by atoms with Crippen LogP contribution in [-0.2, 0) is 0 Å². The highest BCUT2D eigenvalue weighted by Gasteiger charge is 2.48. The Morgan fingerprint density at radius 2 is 2.17 bits per heavy atom. The first-order valence-electron chi connectivity index (χ1n) is 5.62. The molecule has 0 saturated carbocycles. The third-order valence-corrected chi connectivity index (χ3v) is 4.32. The zero-order valence-electron chi connectivity index (χ0n) is 9.38. The molecule has 2 saturated heterocycles. The van der Waals surface area contributed by atoms with Crippen molar-refractivity contribution in [2.75, 3.05) is 24.5 Å². The van der Waals surface area contributed by atoms with Gasteiger partial charge in [-0.15, -0.1) is 0 Å². The minimum Gasteiger partial charge on any atom is -0.465 e. The normalized spacial score (nSPS) is 25.9. The number of nitrogens with zero attached hydrogens (tertiary/aromatic N) is 3. The molecule has 2 aliphatic heterocycles. The van der Waals surface area contributed by atoms with Gasteiger partial charge in [0.25, 0.3) is 0 Å². The number of carboxylic acid groups (broad SMARTS) is 1. The second-order valence-electron chi connectivity index (χ2n) is 4.63. The van der Waals surface area contributed by atoms with E-state index in [4.69, 9.17) is 28.3 Å². The Kier molecular flexibility index (Phi) is 2.75. The minimum absolute atomic E-state index is 0.0944. The summed E-state index contributed by atoms with van der Waals surface area (Å²) in [6.07, 6.45) is 0.828. The fourth-order valence-electron chi connectivity index (χ4n) is 2.65. The van der Waals surface area contributed by atoms with Gasteiger partial charge in [-0.1, -0.05) is 23.2 Å². The highest BCUT2D eigenvalue weighted by Crippen LogP contribution is 2.35. The van der Waals surface area contributed by atoms with E-state index in [1.807, 2.05) is 0 Å². The van der Waals surface area contributed by atoms with Crippen molar-refractivity contribution in [2.24, 2.45) is 5.92 Å². The van der Waals surface area contributed by atoms with Gasteiger partial charge in [-0.25, -0.2) is 9.78 Å². The first kappa shape index (κ1) is 11.9. The van der Waals surface area contributed by atoms with Crippen LogP contribution in [0.2, 0.25) is 10.2 Å². The van der Waals surface area contributed by atoms with Crippen LogP contribution in [0.25, 0.3) is 0 Å². The van der Waals surface area contributed by atoms with Gasteiger partial charge >= 0.3 is 6.09 Å². The molecule has 1 aromatic rings. The molecule has 2 aliphatic rings. The van der Waals surface area contributed by atoms with Gasteiger partial charge in [0.2, 0.25) is 0 Å². The third-order valence-electron chi connectivity index (χ3n) is 3.63. The lowest BCUT2D eigenvalue weighted by Gasteiger charge is -2.40. The van der Waals surface area contributed by atoms with Crippen molar-refractivity contribution >= 4 is 35.0 Å². The average Bonchev–Trinajstić information content (AvgIpc) is 2.60. The molecule has 3 heterocycles. The molecule has 0 radical (unpaired) electrons. The smallest absolute Gasteiger partial charge is 0.407 e. The summed E-state index contributed by atoms with van der Waals surface area (Å²) >= 11 is 11.7. The molecule has 0 aromatic carbocycles. The van der Waals surface area contributed by atoms with Gasteiger partial charge in [0.1, 0.15) is 5.15 Å². The van der Waals surface area contributed by atoms with Crippen LogP contribution in [0.4, 0.5) is 10.5 Å². The van der Waals surface area contributed by atoms with Crippen molar-refractivity contribution in [3.05, 3.63) is 22.4 Å². The number of fused-ring (bicyclic) bond motifs is 1. The van der Waals surface area contributed by atoms with Crippen LogP contribution < -0.4 is 4.90 Å². The van der Waals surface area contributed by atoms with Gasteiger partial charge < -0.3 is 14.9 Å². The molecule has 2 atom stereocenters. The van der Waals surface area contributed by atoms with E-state index in [0.717, 1.165) is 12.2 Å². The number of pyridine rings is 1. The van der Waals surface area contributed by atoms with Crippen molar-refractivity contribution in [1.29, 1.82) is 0 Å². The molecule has 0 aliphatic carbocycles. The Morgan fingerprint density at radius 1 is 1.39 bits per heavy atom. The second kappa shape index (κ2) is 4.17. The summed E-state index contributed by atoms with van der Waals surface area (Å²) in [6, 6.07) is 1.86. The maximum absolute atomic E-state index is 10.9. The summed E-state index contributed by atoms with van der Waals surface area (Å²) < 4.78 is 0. The predicted molar refractivity (Wildman–Crippen MR) is 68.5 cm³/mol. The van der Waals surface area contributed by atoms with Crippen molar-refractivity contribution < 1.29 is 9.90 Å². The molecule has 18 heavy (non-hydrogen) atoms. The van der Waals surface area contributed by atoms with Gasteiger partial charge in [0.05, 0.1) is 22.9 Å². The number of halogens is 2. The molecule has 96 valence electrons. The van der Waals surface area contributed by atoms with E-state index in [-0.39, 0.29) is 11.2 Å². The lowest BCUT2D eigenvalue weighted by Crippen LogP contribution is -2.57. The molecule has 5 nitrogen and oxygen atoms in total. The number of hydrogen-bond donors (Lipinski definition) is 1. The Labute approximate surface area is 114 Å². The van der Waals surface area contributed by atoms with E-state index in [9.17, 15) is 4.79 Å². The van der Waals surface area contributed by atoms with Crippen LogP contribution in [0.5, 0.6) is 0 Å². The standard InChI is InChI=1S/C11H11Cl2N3O2/c12-8-1-7(2-14-10(8)13)15-3-6-4-16(11(17)18)9(6)5-15/h1-2,6,9H,3-5H2,(H,17,18)/t6-,9-/m1/s1. The summed E-state index contributed by atoms with van der Waals surface area (Å²) in [4.78, 5) is 18.5. The number of anilines is 1. The van der Waals surface area contributed by atoms with Gasteiger partial charge in [0, 0.05) is 25.6 Å². The van der Waals surface area contributed by atoms with E-state index in [1.54, 1.807) is 12.3 Å². The van der Waals surface area contributed by atoms with Crippen molar-refractivity contribution in [2.45, 2.75) is 6.04 Å². The van der Waals surface area contributed by atoms with E-state index < -0.39 is 6.09 Å². The minimum atomic E-state index is -0.842. The third kappa shape index (κ3) is 1.78. The van der Waals surface area contributed by atoms with Crippen molar-refractivity contribution in [3.63, 3.8) is 0 Å². The zero-order chi connectivity index (χ0) is 12.9. The Balaban J connectivity index is 1.76. The highest BCUT2D eigenvalue weighted by atomic mass is 35.5. The van der Waals surface area contributed by atoms with Crippen LogP contribution in [0.3, 0.4) is 0 Å². The summed E-state index contributed by atoms with van der Waals surface area (Å²) in [7, 11) is 0. The molecule has 0 spiro atoms. The van der Waals surface area contributed by atoms with E-state index in [2.05, 4.69) is 9.88 Å². The summed E-state index contributed by atoms with van der Waals surface area (Å²) in [5, 5.41) is 9.68. The maximum Gasteiger partial charge on any atom is 0.407 e. The van der Waals surface area contributed by atoms with Crippen LogP contribution in [0.1, 0.15) is 0 Å². The Hall–Kier alpha value is -1.20. The lowest BCUT2D eigenvalue weighted by atomic mass is 9.93. The van der Waals surface area contributed by atoms with Gasteiger partial charge in [-0.05, 0) is 6.07 Å². The molecule has 1 N–H and O–H groups in total. The first-order valence-corrected chi connectivity index (χ1v) is 6.37. The SMILES string of the molecule is O=C(O)N1C[C@H]2CN(c3cnc(Cl)c(Cl)c3)C[C@H]21. The highest BCUT2D eigenvalue weighted by molar-refractivity contribution is 6.41. The molecule has 1 amide bonds. The number of amides is 1. The zero-order valence-corrected chi connectivity index (χ0v) is 10.9. The summed E-state index contributed by atoms with van der Waals surface area (Å²) in [6.45, 7) is 2.15. The molecule has 1 aromatic heterocycles. The predicted octanol–water partition coefficient (Wildman–Crippen LogP) is 2.19. The number of rotatable bonds is 1. The van der Waals surface area contributed by atoms with E-state index >= 15 is 0 Å². The first-order chi connectivity index (χ1) is 8.56. The number of aromatic nitrogens is 1. The number of likely N-dealkylation sites (tertiary alicyclic amines) is 1. The molecular formula is C11H11Cl2N3O2. The molecule has 0 unspecified atom stereocenters. The van der Waals surface area contributed by atoms with Crippen molar-refractivity contribution in [3.8, 4) is 0 Å².